The molecule has 1 amide bonds. The van der Waals surface area contributed by atoms with Crippen molar-refractivity contribution in [3.8, 4) is 0 Å². The number of carbonyl (C=O) groups excluding carboxylic acids is 1. The highest BCUT2D eigenvalue weighted by atomic mass is 32.1. The predicted molar refractivity (Wildman–Crippen MR) is 63.6 cm³/mol. The molecule has 0 bridgehead atoms. The van der Waals surface area contributed by atoms with Gasteiger partial charge in [0.05, 0.1) is 0 Å². The molecule has 0 aromatic rings. The zero-order valence-electron chi connectivity index (χ0n) is 9.58. The molecule has 4 heteroatoms. The van der Waals surface area contributed by atoms with E-state index in [-0.39, 0.29) is 11.9 Å². The van der Waals surface area contributed by atoms with Crippen LogP contribution in [0.5, 0.6) is 0 Å². The van der Waals surface area contributed by atoms with E-state index in [9.17, 15) is 4.79 Å². The number of hydrogen-bond acceptors (Lipinski definition) is 3. The number of amides is 1. The van der Waals surface area contributed by atoms with Crippen molar-refractivity contribution in [3.05, 3.63) is 0 Å². The van der Waals surface area contributed by atoms with Crippen molar-refractivity contribution >= 4 is 18.5 Å². The summed E-state index contributed by atoms with van der Waals surface area (Å²) in [5.74, 6) is -0.331. The summed E-state index contributed by atoms with van der Waals surface area (Å²) in [5, 5.41) is 0. The lowest BCUT2D eigenvalue weighted by molar-refractivity contribution is -0.122. The van der Waals surface area contributed by atoms with Crippen LogP contribution in [0, 0.1) is 0 Å². The van der Waals surface area contributed by atoms with Gasteiger partial charge in [-0.05, 0) is 26.4 Å². The monoisotopic (exact) mass is 218 g/mol. The molecule has 0 spiro atoms. The lowest BCUT2D eigenvalue weighted by atomic mass is 9.94. The van der Waals surface area contributed by atoms with Gasteiger partial charge in [-0.1, -0.05) is 20.8 Å². The molecule has 2 unspecified atom stereocenters. The Balaban J connectivity index is 4.75. The van der Waals surface area contributed by atoms with Crippen LogP contribution in [0.3, 0.4) is 0 Å². The van der Waals surface area contributed by atoms with Crippen molar-refractivity contribution in [2.75, 3.05) is 13.1 Å². The van der Waals surface area contributed by atoms with E-state index >= 15 is 0 Å². The van der Waals surface area contributed by atoms with Crippen molar-refractivity contribution in [3.63, 3.8) is 0 Å². The number of nitrogens with zero attached hydrogens (tertiary/aromatic N) is 1. The Kier molecular flexibility index (Phi) is 5.52. The van der Waals surface area contributed by atoms with E-state index in [2.05, 4.69) is 31.4 Å². The van der Waals surface area contributed by atoms with E-state index in [1.807, 2.05) is 13.8 Å². The fourth-order valence-electron chi connectivity index (χ4n) is 1.75. The molecule has 0 fully saturated rings. The first-order valence-corrected chi connectivity index (χ1v) is 5.65. The summed E-state index contributed by atoms with van der Waals surface area (Å²) in [6.07, 6.45) is 0.656. The Labute approximate surface area is 92.4 Å². The van der Waals surface area contributed by atoms with E-state index in [0.29, 0.717) is 6.42 Å². The van der Waals surface area contributed by atoms with Crippen LogP contribution in [-0.4, -0.2) is 34.7 Å². The Morgan fingerprint density at radius 1 is 1.43 bits per heavy atom. The Morgan fingerprint density at radius 3 is 2.07 bits per heavy atom. The number of primary amides is 1. The molecular weight excluding hydrogens is 196 g/mol. The van der Waals surface area contributed by atoms with E-state index in [0.717, 1.165) is 13.1 Å². The van der Waals surface area contributed by atoms with Gasteiger partial charge in [0, 0.05) is 6.04 Å². The van der Waals surface area contributed by atoms with Gasteiger partial charge in [-0.3, -0.25) is 9.69 Å². The third kappa shape index (κ3) is 2.64. The van der Waals surface area contributed by atoms with E-state index in [1.165, 1.54) is 0 Å². The van der Waals surface area contributed by atoms with Gasteiger partial charge in [0.1, 0.15) is 4.75 Å². The van der Waals surface area contributed by atoms with Crippen LogP contribution < -0.4 is 5.73 Å². The molecule has 14 heavy (non-hydrogen) atoms. The first-order valence-electron chi connectivity index (χ1n) is 5.20. The standard InChI is InChI=1S/C10H22N2OS/c1-5-10(14,9(11)13)8(4)12(6-2)7-3/h8,14H,5-7H2,1-4H3,(H2,11,13). The molecule has 84 valence electrons. The van der Waals surface area contributed by atoms with Crippen molar-refractivity contribution < 1.29 is 4.79 Å². The van der Waals surface area contributed by atoms with Gasteiger partial charge in [-0.2, -0.15) is 12.6 Å². The zero-order valence-corrected chi connectivity index (χ0v) is 10.5. The molecule has 0 saturated heterocycles. The first-order chi connectivity index (χ1) is 6.43. The lowest BCUT2D eigenvalue weighted by Gasteiger charge is -2.38. The number of thiol groups is 1. The molecular formula is C10H22N2OS. The van der Waals surface area contributed by atoms with Crippen LogP contribution in [0.25, 0.3) is 0 Å². The molecule has 0 aromatic heterocycles. The molecule has 3 nitrogen and oxygen atoms in total. The number of hydrogen-bond donors (Lipinski definition) is 2. The quantitative estimate of drug-likeness (QED) is 0.660. The molecule has 0 aliphatic rings. The Hall–Kier alpha value is -0.220. The zero-order chi connectivity index (χ0) is 11.4. The average Bonchev–Trinajstić information content (AvgIpc) is 2.17. The summed E-state index contributed by atoms with van der Waals surface area (Å²) in [7, 11) is 0. The number of rotatable bonds is 6. The lowest BCUT2D eigenvalue weighted by Crippen LogP contribution is -2.54. The maximum atomic E-state index is 11.3. The van der Waals surface area contributed by atoms with Gasteiger partial charge in [0.15, 0.2) is 0 Å². The van der Waals surface area contributed by atoms with Crippen LogP contribution in [0.4, 0.5) is 0 Å². The largest absolute Gasteiger partial charge is 0.368 e. The van der Waals surface area contributed by atoms with Crippen molar-refractivity contribution in [2.45, 2.75) is 44.9 Å². The SMILES string of the molecule is CCN(CC)C(C)C(S)(CC)C(N)=O. The number of nitrogens with two attached hydrogens (primary N) is 1. The third-order valence-corrected chi connectivity index (χ3v) is 3.93. The van der Waals surface area contributed by atoms with Crippen molar-refractivity contribution in [1.82, 2.24) is 4.90 Å². The molecule has 0 aromatic carbocycles. The van der Waals surface area contributed by atoms with Gasteiger partial charge in [-0.15, -0.1) is 0 Å². The topological polar surface area (TPSA) is 46.3 Å². The van der Waals surface area contributed by atoms with Crippen LogP contribution >= 0.6 is 12.6 Å². The van der Waals surface area contributed by atoms with Crippen molar-refractivity contribution in [1.29, 1.82) is 0 Å². The summed E-state index contributed by atoms with van der Waals surface area (Å²) in [6, 6.07) is 0.0725. The maximum absolute atomic E-state index is 11.3. The summed E-state index contributed by atoms with van der Waals surface area (Å²) >= 11 is 4.44. The first kappa shape index (κ1) is 13.8. The smallest absolute Gasteiger partial charge is 0.234 e. The molecule has 0 saturated carbocycles. The number of carbonyl (C=O) groups is 1. The summed E-state index contributed by atoms with van der Waals surface area (Å²) < 4.78 is -0.716. The minimum atomic E-state index is -0.716. The second kappa shape index (κ2) is 5.61. The van der Waals surface area contributed by atoms with Gasteiger partial charge >= 0.3 is 0 Å². The van der Waals surface area contributed by atoms with E-state index < -0.39 is 4.75 Å². The maximum Gasteiger partial charge on any atom is 0.234 e. The van der Waals surface area contributed by atoms with Gasteiger partial charge in [-0.25, -0.2) is 0 Å². The van der Waals surface area contributed by atoms with Gasteiger partial charge in [0.25, 0.3) is 0 Å². The fraction of sp³-hybridized carbons (Fsp3) is 0.900. The highest BCUT2D eigenvalue weighted by Gasteiger charge is 2.38. The van der Waals surface area contributed by atoms with Crippen LogP contribution in [0.1, 0.15) is 34.1 Å². The van der Waals surface area contributed by atoms with Gasteiger partial charge < -0.3 is 5.73 Å². The Bertz CT molecular complexity index is 195. The summed E-state index contributed by atoms with van der Waals surface area (Å²) in [5.41, 5.74) is 5.39. The molecule has 0 aliphatic heterocycles. The fourth-order valence-corrected chi connectivity index (χ4v) is 1.91. The van der Waals surface area contributed by atoms with Crippen LogP contribution in [0.2, 0.25) is 0 Å². The van der Waals surface area contributed by atoms with Crippen LogP contribution in [0.15, 0.2) is 0 Å². The molecule has 2 atom stereocenters. The predicted octanol–water partition coefficient (Wildman–Crippen LogP) is 1.28. The Morgan fingerprint density at radius 2 is 1.86 bits per heavy atom. The molecule has 0 rings (SSSR count). The second-order valence-corrected chi connectivity index (χ2v) is 4.34. The minimum absolute atomic E-state index is 0.0725. The molecule has 0 heterocycles. The van der Waals surface area contributed by atoms with Crippen LogP contribution in [-0.2, 0) is 4.79 Å². The normalized spacial score (nSPS) is 17.9. The highest BCUT2D eigenvalue weighted by Crippen LogP contribution is 2.26. The van der Waals surface area contributed by atoms with E-state index in [1.54, 1.807) is 0 Å². The molecule has 2 N–H and O–H groups in total. The highest BCUT2D eigenvalue weighted by molar-refractivity contribution is 7.82. The van der Waals surface area contributed by atoms with E-state index in [4.69, 9.17) is 5.73 Å². The molecule has 0 radical (unpaired) electrons. The third-order valence-electron chi connectivity index (χ3n) is 3.02. The molecule has 0 aliphatic carbocycles. The second-order valence-electron chi connectivity index (χ2n) is 3.54. The van der Waals surface area contributed by atoms with Gasteiger partial charge in [0.2, 0.25) is 5.91 Å². The minimum Gasteiger partial charge on any atom is -0.368 e. The summed E-state index contributed by atoms with van der Waals surface area (Å²) in [6.45, 7) is 9.92. The van der Waals surface area contributed by atoms with Crippen molar-refractivity contribution in [2.24, 2.45) is 5.73 Å². The summed E-state index contributed by atoms with van der Waals surface area (Å²) in [4.78, 5) is 13.5. The average molecular weight is 218 g/mol.